The Labute approximate surface area is 174 Å². The van der Waals surface area contributed by atoms with E-state index in [1.165, 1.54) is 12.8 Å². The predicted octanol–water partition coefficient (Wildman–Crippen LogP) is 2.03. The molecule has 1 aromatic rings. The number of carbonyl (C=O) groups is 1. The third kappa shape index (κ3) is 4.86. The second-order valence-electron chi connectivity index (χ2n) is 7.87. The highest BCUT2D eigenvalue weighted by molar-refractivity contribution is 5.95. The SMILES string of the molecule is CN1CCN(c2cc(C(=O)N(C)C3CC4CCC(C3)N4)ccn2)CC1.Cl.Cl. The van der Waals surface area contributed by atoms with Crippen LogP contribution in [-0.4, -0.2) is 79.1 Å². The molecular formula is C19H31Cl2N5O. The van der Waals surface area contributed by atoms with Crippen molar-refractivity contribution in [3.8, 4) is 0 Å². The molecule has 8 heteroatoms. The standard InChI is InChI=1S/C19H29N5O.2ClH/c1-22-7-9-24(10-8-22)18-11-14(5-6-20-18)19(25)23(2)17-12-15-3-4-16(13-17)21-15;;/h5-6,11,15-17,21H,3-4,7-10,12-13H2,1-2H3;2*1H. The first kappa shape index (κ1) is 22.2. The van der Waals surface area contributed by atoms with E-state index in [9.17, 15) is 4.79 Å². The highest BCUT2D eigenvalue weighted by Crippen LogP contribution is 2.30. The molecule has 0 saturated carbocycles. The number of likely N-dealkylation sites (N-methyl/N-ethyl adjacent to an activating group) is 1. The summed E-state index contributed by atoms with van der Waals surface area (Å²) in [5, 5.41) is 3.65. The highest BCUT2D eigenvalue weighted by Gasteiger charge is 2.36. The number of fused-ring (bicyclic) bond motifs is 2. The molecule has 1 aromatic heterocycles. The van der Waals surface area contributed by atoms with Crippen LogP contribution in [0.5, 0.6) is 0 Å². The van der Waals surface area contributed by atoms with Crippen molar-refractivity contribution in [1.82, 2.24) is 20.1 Å². The van der Waals surface area contributed by atoms with Gasteiger partial charge in [0, 0.05) is 63.1 Å². The maximum Gasteiger partial charge on any atom is 0.254 e. The number of piperidine rings is 1. The van der Waals surface area contributed by atoms with Gasteiger partial charge in [-0.15, -0.1) is 24.8 Å². The zero-order valence-electron chi connectivity index (χ0n) is 16.1. The summed E-state index contributed by atoms with van der Waals surface area (Å²) in [6.45, 7) is 4.01. The third-order valence-electron chi connectivity index (χ3n) is 6.14. The minimum Gasteiger partial charge on any atom is -0.354 e. The summed E-state index contributed by atoms with van der Waals surface area (Å²) in [4.78, 5) is 24.1. The van der Waals surface area contributed by atoms with Crippen molar-refractivity contribution in [2.24, 2.45) is 0 Å². The molecule has 4 rings (SSSR count). The number of halogens is 2. The van der Waals surface area contributed by atoms with Crippen LogP contribution in [-0.2, 0) is 0 Å². The average molecular weight is 416 g/mol. The minimum atomic E-state index is 0. The fraction of sp³-hybridized carbons (Fsp3) is 0.684. The largest absolute Gasteiger partial charge is 0.354 e. The lowest BCUT2D eigenvalue weighted by atomic mass is 9.98. The Balaban J connectivity index is 0.00000131. The number of pyridine rings is 1. The molecule has 3 aliphatic rings. The Morgan fingerprint density at radius 1 is 1.15 bits per heavy atom. The van der Waals surface area contributed by atoms with Gasteiger partial charge in [-0.05, 0) is 44.9 Å². The van der Waals surface area contributed by atoms with Crippen LogP contribution in [0.3, 0.4) is 0 Å². The van der Waals surface area contributed by atoms with Crippen molar-refractivity contribution in [3.05, 3.63) is 23.9 Å². The summed E-state index contributed by atoms with van der Waals surface area (Å²) in [7, 11) is 4.11. The predicted molar refractivity (Wildman–Crippen MR) is 114 cm³/mol. The van der Waals surface area contributed by atoms with E-state index < -0.39 is 0 Å². The first-order chi connectivity index (χ1) is 12.1. The summed E-state index contributed by atoms with van der Waals surface area (Å²) >= 11 is 0. The number of hydrogen-bond acceptors (Lipinski definition) is 5. The number of nitrogens with zero attached hydrogens (tertiary/aromatic N) is 4. The van der Waals surface area contributed by atoms with E-state index in [4.69, 9.17) is 0 Å². The van der Waals surface area contributed by atoms with Crippen molar-refractivity contribution >= 4 is 36.5 Å². The molecule has 0 aromatic carbocycles. The lowest BCUT2D eigenvalue weighted by Gasteiger charge is -2.36. The molecule has 152 valence electrons. The third-order valence-corrected chi connectivity index (χ3v) is 6.14. The lowest BCUT2D eigenvalue weighted by Crippen LogP contribution is -2.48. The molecule has 4 heterocycles. The number of amides is 1. The number of hydrogen-bond donors (Lipinski definition) is 1. The molecular weight excluding hydrogens is 385 g/mol. The molecule has 2 atom stereocenters. The van der Waals surface area contributed by atoms with Gasteiger partial charge in [0.2, 0.25) is 0 Å². The zero-order chi connectivity index (χ0) is 17.4. The fourth-order valence-electron chi connectivity index (χ4n) is 4.47. The molecule has 27 heavy (non-hydrogen) atoms. The molecule has 0 aliphatic carbocycles. The second-order valence-corrected chi connectivity index (χ2v) is 7.87. The van der Waals surface area contributed by atoms with Crippen molar-refractivity contribution in [3.63, 3.8) is 0 Å². The van der Waals surface area contributed by atoms with E-state index in [0.29, 0.717) is 18.1 Å². The van der Waals surface area contributed by atoms with Crippen LogP contribution < -0.4 is 10.2 Å². The van der Waals surface area contributed by atoms with E-state index in [0.717, 1.165) is 50.4 Å². The van der Waals surface area contributed by atoms with Crippen molar-refractivity contribution < 1.29 is 4.79 Å². The molecule has 1 amide bonds. The van der Waals surface area contributed by atoms with Crippen molar-refractivity contribution in [2.45, 2.75) is 43.8 Å². The van der Waals surface area contributed by atoms with Gasteiger partial charge in [0.1, 0.15) is 5.82 Å². The van der Waals surface area contributed by atoms with Gasteiger partial charge in [0.15, 0.2) is 0 Å². The minimum absolute atomic E-state index is 0. The number of carbonyl (C=O) groups excluding carboxylic acids is 1. The van der Waals surface area contributed by atoms with E-state index >= 15 is 0 Å². The molecule has 6 nitrogen and oxygen atoms in total. The van der Waals surface area contributed by atoms with Crippen LogP contribution in [0.15, 0.2) is 18.3 Å². The lowest BCUT2D eigenvalue weighted by molar-refractivity contribution is 0.0681. The molecule has 0 radical (unpaired) electrons. The normalized spacial score (nSPS) is 27.5. The van der Waals surface area contributed by atoms with Crippen molar-refractivity contribution in [2.75, 3.05) is 45.2 Å². The van der Waals surface area contributed by atoms with Crippen LogP contribution in [0.25, 0.3) is 0 Å². The quantitative estimate of drug-likeness (QED) is 0.818. The Bertz CT molecular complexity index is 626. The molecule has 0 spiro atoms. The topological polar surface area (TPSA) is 51.7 Å². The summed E-state index contributed by atoms with van der Waals surface area (Å²) in [5.41, 5.74) is 0.761. The molecule has 3 saturated heterocycles. The van der Waals surface area contributed by atoms with Crippen molar-refractivity contribution in [1.29, 1.82) is 0 Å². The molecule has 3 aliphatic heterocycles. The van der Waals surface area contributed by atoms with Crippen LogP contribution in [0, 0.1) is 0 Å². The first-order valence-corrected chi connectivity index (χ1v) is 9.53. The average Bonchev–Trinajstić information content (AvgIpc) is 2.99. The van der Waals surface area contributed by atoms with Crippen LogP contribution in [0.2, 0.25) is 0 Å². The van der Waals surface area contributed by atoms with Gasteiger partial charge >= 0.3 is 0 Å². The Kier molecular flexibility index (Phi) is 7.74. The van der Waals surface area contributed by atoms with Crippen LogP contribution >= 0.6 is 24.8 Å². The second kappa shape index (κ2) is 9.41. The fourth-order valence-corrected chi connectivity index (χ4v) is 4.47. The monoisotopic (exact) mass is 415 g/mol. The highest BCUT2D eigenvalue weighted by atomic mass is 35.5. The summed E-state index contributed by atoms with van der Waals surface area (Å²) in [6, 6.07) is 5.37. The Morgan fingerprint density at radius 3 is 2.41 bits per heavy atom. The van der Waals surface area contributed by atoms with Gasteiger partial charge in [0.25, 0.3) is 5.91 Å². The van der Waals surface area contributed by atoms with Gasteiger partial charge < -0.3 is 20.0 Å². The van der Waals surface area contributed by atoms with Gasteiger partial charge in [-0.3, -0.25) is 4.79 Å². The van der Waals surface area contributed by atoms with Crippen LogP contribution in [0.4, 0.5) is 5.82 Å². The van der Waals surface area contributed by atoms with E-state index in [2.05, 4.69) is 27.1 Å². The summed E-state index contributed by atoms with van der Waals surface area (Å²) < 4.78 is 0. The number of anilines is 1. The number of nitrogens with one attached hydrogen (secondary N) is 1. The summed E-state index contributed by atoms with van der Waals surface area (Å²) in [5.74, 6) is 1.06. The van der Waals surface area contributed by atoms with E-state index in [-0.39, 0.29) is 30.7 Å². The first-order valence-electron chi connectivity index (χ1n) is 9.53. The molecule has 3 fully saturated rings. The Morgan fingerprint density at radius 2 is 1.78 bits per heavy atom. The Hall–Kier alpha value is -1.08. The molecule has 2 unspecified atom stereocenters. The maximum atomic E-state index is 13.0. The number of rotatable bonds is 3. The number of piperazine rings is 1. The van der Waals surface area contributed by atoms with Gasteiger partial charge in [-0.2, -0.15) is 0 Å². The van der Waals surface area contributed by atoms with E-state index in [1.807, 2.05) is 24.1 Å². The molecule has 1 N–H and O–H groups in total. The smallest absolute Gasteiger partial charge is 0.254 e. The maximum absolute atomic E-state index is 13.0. The van der Waals surface area contributed by atoms with Gasteiger partial charge in [-0.25, -0.2) is 4.98 Å². The zero-order valence-corrected chi connectivity index (χ0v) is 17.8. The van der Waals surface area contributed by atoms with Crippen LogP contribution in [0.1, 0.15) is 36.0 Å². The van der Waals surface area contributed by atoms with Gasteiger partial charge in [0.05, 0.1) is 0 Å². The molecule has 2 bridgehead atoms. The summed E-state index contributed by atoms with van der Waals surface area (Å²) in [6.07, 6.45) is 6.45. The van der Waals surface area contributed by atoms with E-state index in [1.54, 1.807) is 6.20 Å². The van der Waals surface area contributed by atoms with Gasteiger partial charge in [-0.1, -0.05) is 0 Å². The number of aromatic nitrogens is 1.